The number of benzene rings is 1. The van der Waals surface area contributed by atoms with Gasteiger partial charge in [0.2, 0.25) is 10.0 Å². The van der Waals surface area contributed by atoms with Gasteiger partial charge in [-0.1, -0.05) is 0 Å². The Morgan fingerprint density at radius 2 is 2.12 bits per heavy atom. The molecule has 0 aliphatic rings. The molecule has 16 heavy (non-hydrogen) atoms. The van der Waals surface area contributed by atoms with Crippen LogP contribution < -0.4 is 4.72 Å². The second-order valence-corrected chi connectivity index (χ2v) is 5.30. The molecular formula is C10H14FNO3S. The molecule has 0 heterocycles. The zero-order chi connectivity index (χ0) is 12.2. The maximum atomic E-state index is 12.8. The molecule has 0 amide bonds. The minimum Gasteiger partial charge on any atom is -0.396 e. The summed E-state index contributed by atoms with van der Waals surface area (Å²) in [6.07, 6.45) is 0.176. The Bertz CT molecular complexity index is 459. The third-order valence-electron chi connectivity index (χ3n) is 2.03. The van der Waals surface area contributed by atoms with Gasteiger partial charge in [0, 0.05) is 6.61 Å². The lowest BCUT2D eigenvalue weighted by Gasteiger charge is -2.09. The molecule has 0 aliphatic heterocycles. The van der Waals surface area contributed by atoms with E-state index in [1.54, 1.807) is 6.92 Å². The molecule has 1 rings (SSSR count). The average Bonchev–Trinajstić information content (AvgIpc) is 2.19. The number of hydrogen-bond donors (Lipinski definition) is 2. The Labute approximate surface area is 94.2 Å². The fourth-order valence-electron chi connectivity index (χ4n) is 1.21. The monoisotopic (exact) mass is 247 g/mol. The lowest BCUT2D eigenvalue weighted by Crippen LogP contribution is -2.18. The first-order valence-electron chi connectivity index (χ1n) is 4.82. The summed E-state index contributed by atoms with van der Waals surface area (Å²) in [6.45, 7) is 1.44. The van der Waals surface area contributed by atoms with Crippen molar-refractivity contribution in [1.82, 2.24) is 0 Å². The summed E-state index contributed by atoms with van der Waals surface area (Å²) < 4.78 is 38.1. The molecule has 0 spiro atoms. The lowest BCUT2D eigenvalue weighted by molar-refractivity contribution is 0.295. The van der Waals surface area contributed by atoms with Gasteiger partial charge in [-0.2, -0.15) is 0 Å². The predicted octanol–water partition coefficient (Wildman–Crippen LogP) is 1.26. The van der Waals surface area contributed by atoms with E-state index in [1.165, 1.54) is 18.2 Å². The van der Waals surface area contributed by atoms with Crippen LogP contribution in [-0.4, -0.2) is 25.9 Å². The zero-order valence-electron chi connectivity index (χ0n) is 8.90. The largest absolute Gasteiger partial charge is 0.396 e. The SMILES string of the molecule is Cc1cc(F)ccc1NS(=O)(=O)CCCO. The fourth-order valence-corrected chi connectivity index (χ4v) is 2.39. The maximum Gasteiger partial charge on any atom is 0.232 e. The first-order chi connectivity index (χ1) is 7.44. The molecule has 0 saturated heterocycles. The van der Waals surface area contributed by atoms with Gasteiger partial charge < -0.3 is 5.11 Å². The van der Waals surface area contributed by atoms with Crippen molar-refractivity contribution < 1.29 is 17.9 Å². The molecule has 1 aromatic carbocycles. The summed E-state index contributed by atoms with van der Waals surface area (Å²) in [5.41, 5.74) is 0.881. The third kappa shape index (κ3) is 3.79. The molecule has 0 unspecified atom stereocenters. The molecule has 4 nitrogen and oxygen atoms in total. The van der Waals surface area contributed by atoms with Gasteiger partial charge in [0.15, 0.2) is 0 Å². The van der Waals surface area contributed by atoms with E-state index in [9.17, 15) is 12.8 Å². The van der Waals surface area contributed by atoms with Crippen LogP contribution in [0, 0.1) is 12.7 Å². The number of nitrogens with one attached hydrogen (secondary N) is 1. The van der Waals surface area contributed by atoms with Crippen molar-refractivity contribution in [1.29, 1.82) is 0 Å². The summed E-state index contributed by atoms with van der Waals surface area (Å²) in [5.74, 6) is -0.559. The Hall–Kier alpha value is -1.14. The molecular weight excluding hydrogens is 233 g/mol. The number of hydrogen-bond acceptors (Lipinski definition) is 3. The van der Waals surface area contributed by atoms with Crippen LogP contribution in [0.25, 0.3) is 0 Å². The highest BCUT2D eigenvalue weighted by atomic mass is 32.2. The van der Waals surface area contributed by atoms with E-state index >= 15 is 0 Å². The molecule has 0 aliphatic carbocycles. The predicted molar refractivity (Wildman–Crippen MR) is 60.2 cm³/mol. The summed E-state index contributed by atoms with van der Waals surface area (Å²) >= 11 is 0. The Kier molecular flexibility index (Phi) is 4.26. The number of aryl methyl sites for hydroxylation is 1. The standard InChI is InChI=1S/C10H14FNO3S/c1-8-7-9(11)3-4-10(8)12-16(14,15)6-2-5-13/h3-4,7,12-13H,2,5-6H2,1H3. The van der Waals surface area contributed by atoms with Gasteiger partial charge in [0.05, 0.1) is 11.4 Å². The van der Waals surface area contributed by atoms with Crippen LogP contribution in [0.5, 0.6) is 0 Å². The summed E-state index contributed by atoms with van der Waals surface area (Å²) in [6, 6.07) is 3.82. The van der Waals surface area contributed by atoms with Gasteiger partial charge in [-0.05, 0) is 37.1 Å². The van der Waals surface area contributed by atoms with E-state index in [4.69, 9.17) is 5.11 Å². The summed E-state index contributed by atoms with van der Waals surface area (Å²) in [7, 11) is -3.46. The number of aliphatic hydroxyl groups is 1. The highest BCUT2D eigenvalue weighted by molar-refractivity contribution is 7.92. The fraction of sp³-hybridized carbons (Fsp3) is 0.400. The highest BCUT2D eigenvalue weighted by Crippen LogP contribution is 2.17. The minimum atomic E-state index is -3.46. The Balaban J connectivity index is 2.80. The van der Waals surface area contributed by atoms with E-state index in [2.05, 4.69) is 4.72 Å². The van der Waals surface area contributed by atoms with Gasteiger partial charge in [0.1, 0.15) is 5.82 Å². The van der Waals surface area contributed by atoms with Gasteiger partial charge in [-0.25, -0.2) is 12.8 Å². The quantitative estimate of drug-likeness (QED) is 0.823. The number of rotatable bonds is 5. The number of halogens is 1. The second-order valence-electron chi connectivity index (χ2n) is 3.46. The van der Waals surface area contributed by atoms with Crippen LogP contribution >= 0.6 is 0 Å². The lowest BCUT2D eigenvalue weighted by atomic mass is 10.2. The van der Waals surface area contributed by atoms with Crippen LogP contribution in [0.3, 0.4) is 0 Å². The molecule has 1 aromatic rings. The van der Waals surface area contributed by atoms with Gasteiger partial charge >= 0.3 is 0 Å². The Morgan fingerprint density at radius 3 is 2.69 bits per heavy atom. The average molecular weight is 247 g/mol. The van der Waals surface area contributed by atoms with Gasteiger partial charge in [-0.15, -0.1) is 0 Å². The van der Waals surface area contributed by atoms with Crippen LogP contribution in [0.1, 0.15) is 12.0 Å². The van der Waals surface area contributed by atoms with Crippen molar-refractivity contribution in [2.75, 3.05) is 17.1 Å². The smallest absolute Gasteiger partial charge is 0.232 e. The topological polar surface area (TPSA) is 66.4 Å². The van der Waals surface area contributed by atoms with Crippen LogP contribution in [0.4, 0.5) is 10.1 Å². The molecule has 0 radical (unpaired) electrons. The van der Waals surface area contributed by atoms with Crippen molar-refractivity contribution in [3.63, 3.8) is 0 Å². The van der Waals surface area contributed by atoms with E-state index in [-0.39, 0.29) is 18.8 Å². The van der Waals surface area contributed by atoms with Crippen molar-refractivity contribution in [3.05, 3.63) is 29.6 Å². The van der Waals surface area contributed by atoms with E-state index < -0.39 is 15.8 Å². The van der Waals surface area contributed by atoms with Crippen molar-refractivity contribution >= 4 is 15.7 Å². The molecule has 0 aromatic heterocycles. The first-order valence-corrected chi connectivity index (χ1v) is 6.47. The number of aliphatic hydroxyl groups excluding tert-OH is 1. The number of anilines is 1. The summed E-state index contributed by atoms with van der Waals surface area (Å²) in [5, 5.41) is 8.54. The molecule has 0 bridgehead atoms. The van der Waals surface area contributed by atoms with Crippen molar-refractivity contribution in [3.8, 4) is 0 Å². The van der Waals surface area contributed by atoms with Crippen molar-refractivity contribution in [2.45, 2.75) is 13.3 Å². The third-order valence-corrected chi connectivity index (χ3v) is 3.38. The zero-order valence-corrected chi connectivity index (χ0v) is 9.72. The molecule has 2 N–H and O–H groups in total. The summed E-state index contributed by atoms with van der Waals surface area (Å²) in [4.78, 5) is 0. The minimum absolute atomic E-state index is 0.152. The van der Waals surface area contributed by atoms with Gasteiger partial charge in [-0.3, -0.25) is 4.72 Å². The molecule has 0 fully saturated rings. The molecule has 0 atom stereocenters. The Morgan fingerprint density at radius 1 is 1.44 bits per heavy atom. The van der Waals surface area contributed by atoms with Gasteiger partial charge in [0.25, 0.3) is 0 Å². The molecule has 90 valence electrons. The second kappa shape index (κ2) is 5.27. The van der Waals surface area contributed by atoms with Crippen molar-refractivity contribution in [2.24, 2.45) is 0 Å². The van der Waals surface area contributed by atoms with E-state index in [0.29, 0.717) is 11.3 Å². The molecule has 6 heteroatoms. The van der Waals surface area contributed by atoms with E-state index in [1.807, 2.05) is 0 Å². The highest BCUT2D eigenvalue weighted by Gasteiger charge is 2.11. The van der Waals surface area contributed by atoms with Crippen LogP contribution in [0.15, 0.2) is 18.2 Å². The molecule has 0 saturated carbocycles. The van der Waals surface area contributed by atoms with Crippen LogP contribution in [-0.2, 0) is 10.0 Å². The first kappa shape index (κ1) is 12.9. The normalized spacial score (nSPS) is 11.4. The van der Waals surface area contributed by atoms with E-state index in [0.717, 1.165) is 0 Å². The maximum absolute atomic E-state index is 12.8. The number of sulfonamides is 1. The van der Waals surface area contributed by atoms with Crippen LogP contribution in [0.2, 0.25) is 0 Å².